The molecule has 1 heterocycles. The molecular formula is C8H8F2N. The lowest BCUT2D eigenvalue weighted by molar-refractivity contribution is 0.478. The van der Waals surface area contributed by atoms with Crippen LogP contribution in [0.5, 0.6) is 0 Å². The smallest absolute Gasteiger partial charge is 0.225 e. The Labute approximate surface area is 64.1 Å². The van der Waals surface area contributed by atoms with E-state index >= 15 is 0 Å². The lowest BCUT2D eigenvalue weighted by atomic mass is 10.2. The van der Waals surface area contributed by atoms with Gasteiger partial charge in [-0.05, 0) is 24.5 Å². The van der Waals surface area contributed by atoms with E-state index in [-0.39, 0.29) is 0 Å². The van der Waals surface area contributed by atoms with E-state index in [1.165, 1.54) is 6.20 Å². The minimum atomic E-state index is -1.04. The molecule has 0 N–H and O–H groups in total. The van der Waals surface area contributed by atoms with Crippen LogP contribution < -0.4 is 0 Å². The monoisotopic (exact) mass is 156 g/mol. The Morgan fingerprint density at radius 2 is 2.27 bits per heavy atom. The average molecular weight is 156 g/mol. The second-order valence-corrected chi connectivity index (χ2v) is 2.15. The van der Waals surface area contributed by atoms with Crippen LogP contribution in [0.2, 0.25) is 0 Å². The lowest BCUT2D eigenvalue weighted by Crippen LogP contribution is -1.91. The summed E-state index contributed by atoms with van der Waals surface area (Å²) in [6.45, 7) is 1.92. The molecule has 0 unspecified atom stereocenters. The van der Waals surface area contributed by atoms with Crippen LogP contribution >= 0.6 is 0 Å². The Kier molecular flexibility index (Phi) is 2.52. The van der Waals surface area contributed by atoms with Gasteiger partial charge < -0.3 is 0 Å². The Bertz CT molecular complexity index is 248. The molecule has 59 valence electrons. The first-order valence-electron chi connectivity index (χ1n) is 3.38. The van der Waals surface area contributed by atoms with E-state index < -0.39 is 11.8 Å². The maximum atomic E-state index is 12.4. The van der Waals surface area contributed by atoms with Crippen LogP contribution in [0, 0.1) is 18.2 Å². The quantitative estimate of drug-likeness (QED) is 0.599. The standard InChI is InChI=1S/C8H8F2N/c1-2-3-6-4-7(9)8(10)11-5-6/h3-5H,2H2,1H3. The molecule has 1 rings (SSSR count). The van der Waals surface area contributed by atoms with Crippen LogP contribution in [-0.2, 0) is 0 Å². The summed E-state index contributed by atoms with van der Waals surface area (Å²) in [6.07, 6.45) is 3.87. The van der Waals surface area contributed by atoms with Crippen molar-refractivity contribution in [1.29, 1.82) is 0 Å². The number of rotatable bonds is 2. The van der Waals surface area contributed by atoms with Crippen molar-refractivity contribution >= 4 is 0 Å². The molecule has 0 aliphatic rings. The molecule has 0 aliphatic heterocycles. The van der Waals surface area contributed by atoms with E-state index in [9.17, 15) is 8.78 Å². The van der Waals surface area contributed by atoms with Gasteiger partial charge in [0.05, 0.1) is 0 Å². The predicted molar refractivity (Wildman–Crippen MR) is 37.8 cm³/mol. The number of hydrogen-bond donors (Lipinski definition) is 0. The molecular weight excluding hydrogens is 148 g/mol. The largest absolute Gasteiger partial charge is 0.248 e. The Morgan fingerprint density at radius 1 is 1.55 bits per heavy atom. The molecule has 0 saturated heterocycles. The van der Waals surface area contributed by atoms with Crippen LogP contribution in [0.4, 0.5) is 8.78 Å². The van der Waals surface area contributed by atoms with Gasteiger partial charge >= 0.3 is 0 Å². The Morgan fingerprint density at radius 3 is 2.82 bits per heavy atom. The molecule has 3 heteroatoms. The molecule has 0 spiro atoms. The summed E-state index contributed by atoms with van der Waals surface area (Å²) in [5.74, 6) is -1.94. The number of hydrogen-bond acceptors (Lipinski definition) is 1. The second-order valence-electron chi connectivity index (χ2n) is 2.15. The highest BCUT2D eigenvalue weighted by atomic mass is 19.2. The fourth-order valence-corrected chi connectivity index (χ4v) is 0.783. The van der Waals surface area contributed by atoms with Gasteiger partial charge in [-0.15, -0.1) is 0 Å². The highest BCUT2D eigenvalue weighted by Crippen LogP contribution is 2.08. The summed E-state index contributed by atoms with van der Waals surface area (Å²) >= 11 is 0. The van der Waals surface area contributed by atoms with Crippen molar-refractivity contribution in [3.05, 3.63) is 36.0 Å². The van der Waals surface area contributed by atoms with Crippen molar-refractivity contribution < 1.29 is 8.78 Å². The maximum Gasteiger partial charge on any atom is 0.248 e. The van der Waals surface area contributed by atoms with Crippen molar-refractivity contribution in [3.8, 4) is 0 Å². The first-order valence-corrected chi connectivity index (χ1v) is 3.38. The van der Waals surface area contributed by atoms with E-state index in [1.807, 2.05) is 6.92 Å². The highest BCUT2D eigenvalue weighted by Gasteiger charge is 2.02. The minimum Gasteiger partial charge on any atom is -0.225 e. The van der Waals surface area contributed by atoms with Crippen LogP contribution in [-0.4, -0.2) is 4.98 Å². The molecule has 0 aliphatic carbocycles. The van der Waals surface area contributed by atoms with Crippen molar-refractivity contribution in [3.63, 3.8) is 0 Å². The van der Waals surface area contributed by atoms with Gasteiger partial charge in [0, 0.05) is 6.20 Å². The topological polar surface area (TPSA) is 12.9 Å². The zero-order chi connectivity index (χ0) is 8.27. The summed E-state index contributed by atoms with van der Waals surface area (Å²) in [5, 5.41) is 0. The lowest BCUT2D eigenvalue weighted by Gasteiger charge is -1.96. The van der Waals surface area contributed by atoms with Gasteiger partial charge in [-0.2, -0.15) is 4.39 Å². The van der Waals surface area contributed by atoms with Crippen molar-refractivity contribution in [2.75, 3.05) is 0 Å². The van der Waals surface area contributed by atoms with Gasteiger partial charge in [0.2, 0.25) is 5.95 Å². The van der Waals surface area contributed by atoms with E-state index in [4.69, 9.17) is 0 Å². The SMILES string of the molecule is CC[CH]c1cnc(F)c(F)c1. The second kappa shape index (κ2) is 3.42. The molecule has 1 aromatic heterocycles. The molecule has 0 atom stereocenters. The average Bonchev–Trinajstić information content (AvgIpc) is 1.98. The number of halogens is 2. The maximum absolute atomic E-state index is 12.4. The fourth-order valence-electron chi connectivity index (χ4n) is 0.783. The first kappa shape index (κ1) is 8.11. The van der Waals surface area contributed by atoms with Crippen molar-refractivity contribution in [2.45, 2.75) is 13.3 Å². The van der Waals surface area contributed by atoms with Gasteiger partial charge in [0.25, 0.3) is 0 Å². The first-order chi connectivity index (χ1) is 5.24. The van der Waals surface area contributed by atoms with Gasteiger partial charge in [-0.3, -0.25) is 0 Å². The Hall–Kier alpha value is -0.990. The third kappa shape index (κ3) is 1.97. The third-order valence-electron chi connectivity index (χ3n) is 1.26. The van der Waals surface area contributed by atoms with Gasteiger partial charge in [-0.1, -0.05) is 6.92 Å². The predicted octanol–water partition coefficient (Wildman–Crippen LogP) is 2.32. The summed E-state index contributed by atoms with van der Waals surface area (Å²) in [7, 11) is 0. The van der Waals surface area contributed by atoms with Crippen molar-refractivity contribution in [1.82, 2.24) is 4.98 Å². The van der Waals surface area contributed by atoms with Crippen molar-refractivity contribution in [2.24, 2.45) is 0 Å². The molecule has 1 aromatic rings. The van der Waals surface area contributed by atoms with E-state index in [1.54, 1.807) is 6.42 Å². The molecule has 0 aromatic carbocycles. The number of nitrogens with zero attached hydrogens (tertiary/aromatic N) is 1. The normalized spacial score (nSPS) is 10.1. The van der Waals surface area contributed by atoms with Crippen LogP contribution in [0.25, 0.3) is 0 Å². The van der Waals surface area contributed by atoms with E-state index in [0.717, 1.165) is 12.5 Å². The third-order valence-corrected chi connectivity index (χ3v) is 1.26. The molecule has 0 saturated carbocycles. The molecule has 11 heavy (non-hydrogen) atoms. The van der Waals surface area contributed by atoms with Crippen LogP contribution in [0.3, 0.4) is 0 Å². The highest BCUT2D eigenvalue weighted by molar-refractivity contribution is 5.19. The zero-order valence-electron chi connectivity index (χ0n) is 6.14. The van der Waals surface area contributed by atoms with Gasteiger partial charge in [-0.25, -0.2) is 9.37 Å². The summed E-state index contributed by atoms with van der Waals surface area (Å²) in [6, 6.07) is 1.13. The molecule has 0 fully saturated rings. The Balaban J connectivity index is 2.86. The summed E-state index contributed by atoms with van der Waals surface area (Å²) in [4.78, 5) is 3.22. The summed E-state index contributed by atoms with van der Waals surface area (Å²) < 4.78 is 24.7. The van der Waals surface area contributed by atoms with Gasteiger partial charge in [0.15, 0.2) is 5.82 Å². The fraction of sp³-hybridized carbons (Fsp3) is 0.250. The number of pyridine rings is 1. The molecule has 1 radical (unpaired) electrons. The van der Waals surface area contributed by atoms with E-state index in [2.05, 4.69) is 4.98 Å². The minimum absolute atomic E-state index is 0.617. The summed E-state index contributed by atoms with van der Waals surface area (Å²) in [5.41, 5.74) is 0.617. The van der Waals surface area contributed by atoms with Gasteiger partial charge in [0.1, 0.15) is 0 Å². The molecule has 1 nitrogen and oxygen atoms in total. The van der Waals surface area contributed by atoms with Crippen LogP contribution in [0.1, 0.15) is 18.9 Å². The molecule has 0 amide bonds. The van der Waals surface area contributed by atoms with Crippen LogP contribution in [0.15, 0.2) is 12.3 Å². The van der Waals surface area contributed by atoms with E-state index in [0.29, 0.717) is 5.56 Å². The zero-order valence-corrected chi connectivity index (χ0v) is 6.14. The molecule has 0 bridgehead atoms. The number of aromatic nitrogens is 1.